The SMILES string of the molecule is C[C@H](C(=O)OCC(=O)OCc1ccccc1)c1ccc(OC(=O)c2ccc(N=C(N)N)cc2)cc1. The van der Waals surface area contributed by atoms with E-state index in [0.29, 0.717) is 22.6 Å². The largest absolute Gasteiger partial charge is 0.458 e. The second-order valence-electron chi connectivity index (χ2n) is 7.52. The topological polar surface area (TPSA) is 143 Å². The lowest BCUT2D eigenvalue weighted by Crippen LogP contribution is -2.21. The number of nitrogens with two attached hydrogens (primary N) is 2. The van der Waals surface area contributed by atoms with Crippen LogP contribution >= 0.6 is 0 Å². The predicted octanol–water partition coefficient (Wildman–Crippen LogP) is 3.20. The minimum atomic E-state index is -0.636. The Hall–Kier alpha value is -4.66. The standard InChI is InChI=1S/C26H25N3O6/c1-17(24(31)34-16-23(30)33-15-18-5-3-2-4-6-18)19-9-13-22(14-10-19)35-25(32)20-7-11-21(12-8-20)29-26(27)28/h2-14,17H,15-16H2,1H3,(H4,27,28,29)/t17-/m0/s1. The second-order valence-corrected chi connectivity index (χ2v) is 7.52. The van der Waals surface area contributed by atoms with Crippen molar-refractivity contribution in [2.45, 2.75) is 19.4 Å². The minimum Gasteiger partial charge on any atom is -0.458 e. The highest BCUT2D eigenvalue weighted by molar-refractivity contribution is 5.91. The summed E-state index contributed by atoms with van der Waals surface area (Å²) < 4.78 is 15.5. The van der Waals surface area contributed by atoms with E-state index in [9.17, 15) is 14.4 Å². The quantitative estimate of drug-likeness (QED) is 0.208. The van der Waals surface area contributed by atoms with E-state index in [1.165, 1.54) is 0 Å². The Bertz CT molecular complexity index is 1190. The lowest BCUT2D eigenvalue weighted by Gasteiger charge is -2.12. The van der Waals surface area contributed by atoms with Crippen LogP contribution in [-0.2, 0) is 25.7 Å². The summed E-state index contributed by atoms with van der Waals surface area (Å²) in [5, 5.41) is 0. The lowest BCUT2D eigenvalue weighted by atomic mass is 10.0. The molecule has 0 bridgehead atoms. The van der Waals surface area contributed by atoms with Gasteiger partial charge in [0.25, 0.3) is 0 Å². The molecule has 0 aliphatic rings. The molecule has 3 aromatic carbocycles. The van der Waals surface area contributed by atoms with E-state index < -0.39 is 30.4 Å². The van der Waals surface area contributed by atoms with E-state index in [0.717, 1.165) is 5.56 Å². The first-order chi connectivity index (χ1) is 16.8. The van der Waals surface area contributed by atoms with Crippen LogP contribution in [0, 0.1) is 0 Å². The molecule has 1 atom stereocenters. The first kappa shape index (κ1) is 25.0. The Morgan fingerprint density at radius 2 is 1.51 bits per heavy atom. The van der Waals surface area contributed by atoms with Crippen molar-refractivity contribution in [1.29, 1.82) is 0 Å². The second kappa shape index (κ2) is 12.0. The van der Waals surface area contributed by atoms with Crippen LogP contribution in [0.25, 0.3) is 0 Å². The normalized spacial score (nSPS) is 11.1. The summed E-state index contributed by atoms with van der Waals surface area (Å²) in [4.78, 5) is 40.4. The number of carbonyl (C=O) groups excluding carboxylic acids is 3. The van der Waals surface area contributed by atoms with Crippen molar-refractivity contribution in [2.24, 2.45) is 16.5 Å². The van der Waals surface area contributed by atoms with Gasteiger partial charge in [-0.25, -0.2) is 14.6 Å². The van der Waals surface area contributed by atoms with Crippen LogP contribution < -0.4 is 16.2 Å². The molecule has 0 saturated heterocycles. The smallest absolute Gasteiger partial charge is 0.344 e. The fraction of sp³-hybridized carbons (Fsp3) is 0.154. The van der Waals surface area contributed by atoms with Gasteiger partial charge < -0.3 is 25.7 Å². The first-order valence-electron chi connectivity index (χ1n) is 10.7. The number of carbonyl (C=O) groups is 3. The molecule has 35 heavy (non-hydrogen) atoms. The molecule has 0 spiro atoms. The first-order valence-corrected chi connectivity index (χ1v) is 10.7. The van der Waals surface area contributed by atoms with Crippen molar-refractivity contribution >= 4 is 29.6 Å². The van der Waals surface area contributed by atoms with Crippen LogP contribution in [0.2, 0.25) is 0 Å². The Balaban J connectivity index is 1.48. The molecule has 0 aliphatic carbocycles. The molecule has 0 unspecified atom stereocenters. The van der Waals surface area contributed by atoms with Crippen LogP contribution in [0.3, 0.4) is 0 Å². The Kier molecular flexibility index (Phi) is 8.55. The third-order valence-electron chi connectivity index (χ3n) is 4.88. The number of aliphatic imine (C=N–C) groups is 1. The molecule has 4 N–H and O–H groups in total. The lowest BCUT2D eigenvalue weighted by molar-refractivity contribution is -0.160. The van der Waals surface area contributed by atoms with E-state index in [2.05, 4.69) is 4.99 Å². The number of hydrogen-bond acceptors (Lipinski definition) is 7. The van der Waals surface area contributed by atoms with Gasteiger partial charge in [-0.2, -0.15) is 0 Å². The van der Waals surface area contributed by atoms with Gasteiger partial charge in [0, 0.05) is 0 Å². The summed E-state index contributed by atoms with van der Waals surface area (Å²) in [6.07, 6.45) is 0. The van der Waals surface area contributed by atoms with Gasteiger partial charge >= 0.3 is 17.9 Å². The van der Waals surface area contributed by atoms with E-state index in [-0.39, 0.29) is 12.6 Å². The molecule has 0 fully saturated rings. The third kappa shape index (κ3) is 7.71. The van der Waals surface area contributed by atoms with E-state index in [1.54, 1.807) is 55.5 Å². The molecule has 9 heteroatoms. The molecule has 0 aromatic heterocycles. The molecule has 0 saturated carbocycles. The van der Waals surface area contributed by atoms with Gasteiger partial charge in [0.15, 0.2) is 12.6 Å². The van der Waals surface area contributed by atoms with Gasteiger partial charge in [-0.1, -0.05) is 42.5 Å². The Labute approximate surface area is 202 Å². The molecular weight excluding hydrogens is 450 g/mol. The number of benzene rings is 3. The van der Waals surface area contributed by atoms with Crippen molar-refractivity contribution in [2.75, 3.05) is 6.61 Å². The van der Waals surface area contributed by atoms with Gasteiger partial charge in [0.2, 0.25) is 0 Å². The zero-order chi connectivity index (χ0) is 25.2. The molecule has 0 heterocycles. The summed E-state index contributed by atoms with van der Waals surface area (Å²) in [5.41, 5.74) is 13.0. The van der Waals surface area contributed by atoms with E-state index >= 15 is 0 Å². The molecule has 0 aliphatic heterocycles. The zero-order valence-corrected chi connectivity index (χ0v) is 19.0. The average Bonchev–Trinajstić information content (AvgIpc) is 2.86. The summed E-state index contributed by atoms with van der Waals surface area (Å²) in [5.74, 6) is -2.19. The fourth-order valence-electron chi connectivity index (χ4n) is 2.98. The van der Waals surface area contributed by atoms with Crippen molar-refractivity contribution in [1.82, 2.24) is 0 Å². The predicted molar refractivity (Wildman–Crippen MR) is 129 cm³/mol. The summed E-state index contributed by atoms with van der Waals surface area (Å²) in [6, 6.07) is 21.9. The molecule has 180 valence electrons. The number of guanidine groups is 1. The molecule has 3 rings (SSSR count). The van der Waals surface area contributed by atoms with Crippen molar-refractivity contribution in [3.8, 4) is 5.75 Å². The van der Waals surface area contributed by atoms with Crippen LogP contribution in [0.5, 0.6) is 5.75 Å². The van der Waals surface area contributed by atoms with Crippen LogP contribution in [0.1, 0.15) is 34.3 Å². The molecule has 3 aromatic rings. The van der Waals surface area contributed by atoms with Crippen LogP contribution in [-0.4, -0.2) is 30.5 Å². The van der Waals surface area contributed by atoms with Gasteiger partial charge in [-0.05, 0) is 54.4 Å². The highest BCUT2D eigenvalue weighted by Gasteiger charge is 2.19. The Morgan fingerprint density at radius 1 is 0.857 bits per heavy atom. The third-order valence-corrected chi connectivity index (χ3v) is 4.88. The fourth-order valence-corrected chi connectivity index (χ4v) is 2.98. The van der Waals surface area contributed by atoms with E-state index in [4.69, 9.17) is 25.7 Å². The summed E-state index contributed by atoms with van der Waals surface area (Å²) in [6.45, 7) is 1.28. The maximum Gasteiger partial charge on any atom is 0.344 e. The zero-order valence-electron chi connectivity index (χ0n) is 19.0. The molecular formula is C26H25N3O6. The minimum absolute atomic E-state index is 0.0819. The number of esters is 3. The molecule has 0 radical (unpaired) electrons. The molecule has 9 nitrogen and oxygen atoms in total. The maximum atomic E-state index is 12.3. The number of rotatable bonds is 9. The Morgan fingerprint density at radius 3 is 2.14 bits per heavy atom. The van der Waals surface area contributed by atoms with Gasteiger partial charge in [-0.15, -0.1) is 0 Å². The van der Waals surface area contributed by atoms with E-state index in [1.807, 2.05) is 30.3 Å². The average molecular weight is 476 g/mol. The monoisotopic (exact) mass is 475 g/mol. The van der Waals surface area contributed by atoms with Crippen molar-refractivity contribution < 1.29 is 28.6 Å². The number of ether oxygens (including phenoxy) is 3. The maximum absolute atomic E-state index is 12.3. The summed E-state index contributed by atoms with van der Waals surface area (Å²) >= 11 is 0. The molecule has 0 amide bonds. The van der Waals surface area contributed by atoms with Gasteiger partial charge in [0.05, 0.1) is 17.2 Å². The van der Waals surface area contributed by atoms with Crippen molar-refractivity contribution in [3.63, 3.8) is 0 Å². The number of nitrogens with zero attached hydrogens (tertiary/aromatic N) is 1. The highest BCUT2D eigenvalue weighted by atomic mass is 16.6. The van der Waals surface area contributed by atoms with Gasteiger partial charge in [-0.3, -0.25) is 4.79 Å². The van der Waals surface area contributed by atoms with Crippen molar-refractivity contribution in [3.05, 3.63) is 95.6 Å². The highest BCUT2D eigenvalue weighted by Crippen LogP contribution is 2.22. The summed E-state index contributed by atoms with van der Waals surface area (Å²) in [7, 11) is 0. The van der Waals surface area contributed by atoms with Crippen LogP contribution in [0.15, 0.2) is 83.9 Å². The number of hydrogen-bond donors (Lipinski definition) is 2. The van der Waals surface area contributed by atoms with Crippen LogP contribution in [0.4, 0.5) is 5.69 Å². The van der Waals surface area contributed by atoms with Gasteiger partial charge in [0.1, 0.15) is 12.4 Å².